The van der Waals surface area contributed by atoms with E-state index < -0.39 is 0 Å². The molecule has 13 heavy (non-hydrogen) atoms. The molecular weight excluding hydrogens is 160 g/mol. The lowest BCUT2D eigenvalue weighted by Crippen LogP contribution is -2.09. The van der Waals surface area contributed by atoms with Gasteiger partial charge in [0.25, 0.3) is 0 Å². The number of nitrogens with zero attached hydrogens (tertiary/aromatic N) is 1. The third-order valence-electron chi connectivity index (χ3n) is 1.70. The maximum atomic E-state index is 8.37. The molecule has 0 saturated carbocycles. The summed E-state index contributed by atoms with van der Waals surface area (Å²) in [5.41, 5.74) is 2.11. The molecule has 0 bridgehead atoms. The summed E-state index contributed by atoms with van der Waals surface area (Å²) in [5, 5.41) is 11.5. The predicted octanol–water partition coefficient (Wildman–Crippen LogP) is 2.20. The van der Waals surface area contributed by atoms with Crippen LogP contribution >= 0.6 is 0 Å². The smallest absolute Gasteiger partial charge is 0.0930 e. The lowest BCUT2D eigenvalue weighted by Gasteiger charge is -2.04. The van der Waals surface area contributed by atoms with Crippen LogP contribution in [0.3, 0.4) is 0 Å². The van der Waals surface area contributed by atoms with Crippen molar-refractivity contribution in [1.82, 2.24) is 5.32 Å². The minimum atomic E-state index is 0.769. The van der Waals surface area contributed by atoms with Crippen molar-refractivity contribution in [3.05, 3.63) is 47.7 Å². The summed E-state index contributed by atoms with van der Waals surface area (Å²) in [7, 11) is 0. The van der Waals surface area contributed by atoms with E-state index in [4.69, 9.17) is 5.26 Å². The number of allylic oxidation sites excluding steroid dienone is 2. The summed E-state index contributed by atoms with van der Waals surface area (Å²) in [4.78, 5) is 0. The summed E-state index contributed by atoms with van der Waals surface area (Å²) in [6.45, 7) is 2.65. The summed E-state index contributed by atoms with van der Waals surface area (Å²) in [5.74, 6) is 0. The molecule has 0 unspecified atom stereocenters. The van der Waals surface area contributed by atoms with Crippen LogP contribution in [0.25, 0.3) is 0 Å². The molecular formula is C11H12N2. The fourth-order valence-corrected chi connectivity index (χ4v) is 0.985. The zero-order valence-corrected chi connectivity index (χ0v) is 7.62. The molecule has 1 aromatic carbocycles. The topological polar surface area (TPSA) is 35.8 Å². The summed E-state index contributed by atoms with van der Waals surface area (Å²) < 4.78 is 0. The Balaban J connectivity index is 2.45. The fourth-order valence-electron chi connectivity index (χ4n) is 0.985. The number of benzene rings is 1. The van der Waals surface area contributed by atoms with Gasteiger partial charge in [-0.15, -0.1) is 0 Å². The lowest BCUT2D eigenvalue weighted by atomic mass is 10.2. The highest BCUT2D eigenvalue weighted by molar-refractivity contribution is 5.16. The Hall–Kier alpha value is -1.75. The zero-order valence-electron chi connectivity index (χ0n) is 7.62. The van der Waals surface area contributed by atoms with Gasteiger partial charge in [-0.25, -0.2) is 0 Å². The van der Waals surface area contributed by atoms with Gasteiger partial charge in [0.05, 0.1) is 6.07 Å². The fraction of sp³-hybridized carbons (Fsp3) is 0.182. The maximum Gasteiger partial charge on any atom is 0.0930 e. The molecule has 0 amide bonds. The van der Waals surface area contributed by atoms with Crippen LogP contribution in [0.2, 0.25) is 0 Å². The van der Waals surface area contributed by atoms with Crippen LogP contribution in [0.4, 0.5) is 0 Å². The average molecular weight is 172 g/mol. The summed E-state index contributed by atoms with van der Waals surface area (Å²) in [6.07, 6.45) is 1.50. The monoisotopic (exact) mass is 172 g/mol. The van der Waals surface area contributed by atoms with Crippen molar-refractivity contribution in [2.24, 2.45) is 0 Å². The molecule has 1 aromatic rings. The van der Waals surface area contributed by atoms with Crippen molar-refractivity contribution >= 4 is 0 Å². The van der Waals surface area contributed by atoms with E-state index >= 15 is 0 Å². The number of nitriles is 1. The first kappa shape index (κ1) is 9.34. The second-order valence-electron chi connectivity index (χ2n) is 2.80. The highest BCUT2D eigenvalue weighted by atomic mass is 14.9. The van der Waals surface area contributed by atoms with Crippen molar-refractivity contribution in [3.8, 4) is 6.07 Å². The Kier molecular flexibility index (Phi) is 3.59. The first-order valence-electron chi connectivity index (χ1n) is 4.17. The molecule has 0 spiro atoms. The zero-order chi connectivity index (χ0) is 9.52. The number of rotatable bonds is 3. The third kappa shape index (κ3) is 3.44. The van der Waals surface area contributed by atoms with E-state index in [1.54, 1.807) is 0 Å². The minimum absolute atomic E-state index is 0.769. The molecule has 0 radical (unpaired) electrons. The van der Waals surface area contributed by atoms with Crippen LogP contribution in [0.1, 0.15) is 12.5 Å². The van der Waals surface area contributed by atoms with Gasteiger partial charge in [-0.2, -0.15) is 5.26 Å². The van der Waals surface area contributed by atoms with Gasteiger partial charge in [-0.05, 0) is 12.5 Å². The number of hydrogen-bond donors (Lipinski definition) is 1. The standard InChI is InChI=1S/C11H12N2/c1-10(7-8-12)13-9-11-5-3-2-4-6-11/h2-7,13H,9H2,1H3/b10-7+. The first-order valence-corrected chi connectivity index (χ1v) is 4.17. The number of hydrogen-bond acceptors (Lipinski definition) is 2. The Labute approximate surface area is 78.5 Å². The molecule has 1 rings (SSSR count). The van der Waals surface area contributed by atoms with Crippen LogP contribution in [-0.2, 0) is 6.54 Å². The van der Waals surface area contributed by atoms with Gasteiger partial charge in [0.1, 0.15) is 0 Å². The number of nitrogens with one attached hydrogen (secondary N) is 1. The van der Waals surface area contributed by atoms with E-state index in [1.165, 1.54) is 11.6 Å². The van der Waals surface area contributed by atoms with Crippen LogP contribution < -0.4 is 5.32 Å². The van der Waals surface area contributed by atoms with Crippen molar-refractivity contribution in [3.63, 3.8) is 0 Å². The molecule has 0 aromatic heterocycles. The van der Waals surface area contributed by atoms with E-state index in [-0.39, 0.29) is 0 Å². The van der Waals surface area contributed by atoms with E-state index in [9.17, 15) is 0 Å². The van der Waals surface area contributed by atoms with E-state index in [1.807, 2.05) is 43.3 Å². The summed E-state index contributed by atoms with van der Waals surface area (Å²) in [6, 6.07) is 12.1. The van der Waals surface area contributed by atoms with Gasteiger partial charge in [0, 0.05) is 18.3 Å². The van der Waals surface area contributed by atoms with Crippen LogP contribution in [0, 0.1) is 11.3 Å². The Morgan fingerprint density at radius 1 is 1.46 bits per heavy atom. The predicted molar refractivity (Wildman–Crippen MR) is 52.7 cm³/mol. The van der Waals surface area contributed by atoms with Gasteiger partial charge in [0.2, 0.25) is 0 Å². The van der Waals surface area contributed by atoms with Gasteiger partial charge in [0.15, 0.2) is 0 Å². The molecule has 0 fully saturated rings. The van der Waals surface area contributed by atoms with Gasteiger partial charge in [-0.1, -0.05) is 30.3 Å². The van der Waals surface area contributed by atoms with E-state index in [0.717, 1.165) is 12.2 Å². The van der Waals surface area contributed by atoms with Crippen molar-refractivity contribution in [2.45, 2.75) is 13.5 Å². The molecule has 0 aliphatic carbocycles. The minimum Gasteiger partial charge on any atom is -0.384 e. The maximum absolute atomic E-state index is 8.37. The molecule has 0 atom stereocenters. The second-order valence-corrected chi connectivity index (χ2v) is 2.80. The highest BCUT2D eigenvalue weighted by Crippen LogP contribution is 1.98. The normalized spacial score (nSPS) is 10.6. The molecule has 0 saturated heterocycles. The van der Waals surface area contributed by atoms with E-state index in [0.29, 0.717) is 0 Å². The largest absolute Gasteiger partial charge is 0.384 e. The SMILES string of the molecule is C/C(=C\C#N)NCc1ccccc1. The molecule has 0 heterocycles. The van der Waals surface area contributed by atoms with Gasteiger partial charge >= 0.3 is 0 Å². The molecule has 0 aliphatic heterocycles. The molecule has 2 nitrogen and oxygen atoms in total. The third-order valence-corrected chi connectivity index (χ3v) is 1.70. The quantitative estimate of drug-likeness (QED) is 0.709. The Morgan fingerprint density at radius 3 is 2.77 bits per heavy atom. The van der Waals surface area contributed by atoms with Crippen molar-refractivity contribution in [1.29, 1.82) is 5.26 Å². The Morgan fingerprint density at radius 2 is 2.15 bits per heavy atom. The van der Waals surface area contributed by atoms with Crippen LogP contribution in [-0.4, -0.2) is 0 Å². The second kappa shape index (κ2) is 5.00. The van der Waals surface area contributed by atoms with Crippen LogP contribution in [0.15, 0.2) is 42.1 Å². The first-order chi connectivity index (χ1) is 6.33. The Bertz CT molecular complexity index is 320. The van der Waals surface area contributed by atoms with Gasteiger partial charge < -0.3 is 5.32 Å². The molecule has 66 valence electrons. The lowest BCUT2D eigenvalue weighted by molar-refractivity contribution is 0.812. The van der Waals surface area contributed by atoms with E-state index in [2.05, 4.69) is 5.32 Å². The summed E-state index contributed by atoms with van der Waals surface area (Å²) >= 11 is 0. The molecule has 0 aliphatic rings. The van der Waals surface area contributed by atoms with Crippen LogP contribution in [0.5, 0.6) is 0 Å². The van der Waals surface area contributed by atoms with Gasteiger partial charge in [-0.3, -0.25) is 0 Å². The average Bonchev–Trinajstić information content (AvgIpc) is 2.17. The van der Waals surface area contributed by atoms with Crippen molar-refractivity contribution in [2.75, 3.05) is 0 Å². The molecule has 2 heteroatoms. The molecule has 1 N–H and O–H groups in total. The van der Waals surface area contributed by atoms with Crippen molar-refractivity contribution < 1.29 is 0 Å². The highest BCUT2D eigenvalue weighted by Gasteiger charge is 1.90.